The fourth-order valence-electron chi connectivity index (χ4n) is 3.17. The van der Waals surface area contributed by atoms with Crippen molar-refractivity contribution in [3.8, 4) is 17.2 Å². The molecule has 28 heavy (non-hydrogen) atoms. The van der Waals surface area contributed by atoms with Gasteiger partial charge < -0.3 is 14.5 Å². The van der Waals surface area contributed by atoms with Crippen LogP contribution in [-0.2, 0) is 7.05 Å². The van der Waals surface area contributed by atoms with E-state index in [1.54, 1.807) is 23.1 Å². The average Bonchev–Trinajstić information content (AvgIpc) is 3.32. The number of rotatable bonds is 5. The van der Waals surface area contributed by atoms with E-state index >= 15 is 0 Å². The summed E-state index contributed by atoms with van der Waals surface area (Å²) in [4.78, 5) is 17.7. The SMILES string of the molecule is CCOc1ccc(NC(=O)c2cc(-c3ccco3)nc3c2c(C)nn3C)cc1. The molecule has 3 heterocycles. The molecular formula is C21H20N4O3. The van der Waals surface area contributed by atoms with Crippen LogP contribution in [0, 0.1) is 6.92 Å². The number of nitrogens with one attached hydrogen (secondary N) is 1. The Hall–Kier alpha value is -3.61. The summed E-state index contributed by atoms with van der Waals surface area (Å²) in [6.45, 7) is 4.39. The van der Waals surface area contributed by atoms with Crippen LogP contribution in [0.1, 0.15) is 23.0 Å². The third-order valence-electron chi connectivity index (χ3n) is 4.41. The molecule has 1 N–H and O–H groups in total. The number of hydrogen-bond acceptors (Lipinski definition) is 5. The van der Waals surface area contributed by atoms with E-state index in [9.17, 15) is 4.79 Å². The zero-order valence-electron chi connectivity index (χ0n) is 15.9. The molecule has 0 aliphatic carbocycles. The fraction of sp³-hybridized carbons (Fsp3) is 0.190. The fourth-order valence-corrected chi connectivity index (χ4v) is 3.17. The number of hydrogen-bond donors (Lipinski definition) is 1. The molecule has 7 nitrogen and oxygen atoms in total. The molecular weight excluding hydrogens is 356 g/mol. The van der Waals surface area contributed by atoms with E-state index in [4.69, 9.17) is 9.15 Å². The first-order chi connectivity index (χ1) is 13.6. The van der Waals surface area contributed by atoms with Crippen LogP contribution in [0.5, 0.6) is 5.75 Å². The maximum Gasteiger partial charge on any atom is 0.256 e. The molecule has 142 valence electrons. The number of anilines is 1. The monoisotopic (exact) mass is 376 g/mol. The van der Waals surface area contributed by atoms with Crippen LogP contribution in [0.15, 0.2) is 53.1 Å². The number of benzene rings is 1. The molecule has 0 bridgehead atoms. The summed E-state index contributed by atoms with van der Waals surface area (Å²) in [5.74, 6) is 1.12. The Balaban J connectivity index is 1.75. The van der Waals surface area contributed by atoms with Crippen LogP contribution in [0.25, 0.3) is 22.5 Å². The Morgan fingerprint density at radius 2 is 2.04 bits per heavy atom. The van der Waals surface area contributed by atoms with Crippen molar-refractivity contribution < 1.29 is 13.9 Å². The zero-order valence-corrected chi connectivity index (χ0v) is 15.9. The van der Waals surface area contributed by atoms with Gasteiger partial charge in [-0.2, -0.15) is 5.10 Å². The van der Waals surface area contributed by atoms with Gasteiger partial charge >= 0.3 is 0 Å². The van der Waals surface area contributed by atoms with Crippen molar-refractivity contribution in [2.45, 2.75) is 13.8 Å². The highest BCUT2D eigenvalue weighted by molar-refractivity contribution is 6.13. The predicted molar refractivity (Wildman–Crippen MR) is 107 cm³/mol. The van der Waals surface area contributed by atoms with Crippen LogP contribution in [-0.4, -0.2) is 27.3 Å². The number of carbonyl (C=O) groups excluding carboxylic acids is 1. The average molecular weight is 376 g/mol. The molecule has 1 aromatic carbocycles. The molecule has 0 fully saturated rings. The summed E-state index contributed by atoms with van der Waals surface area (Å²) >= 11 is 0. The molecule has 4 aromatic rings. The standard InChI is InChI=1S/C21H20N4O3/c1-4-27-15-9-7-14(8-10-15)22-21(26)16-12-17(18-6-5-11-28-18)23-20-19(16)13(2)24-25(20)3/h5-12H,4H2,1-3H3,(H,22,26). The number of furan rings is 1. The molecule has 3 aromatic heterocycles. The molecule has 0 atom stereocenters. The lowest BCUT2D eigenvalue weighted by molar-refractivity contribution is 0.102. The number of aryl methyl sites for hydroxylation is 2. The summed E-state index contributed by atoms with van der Waals surface area (Å²) in [5, 5.41) is 8.08. The van der Waals surface area contributed by atoms with E-state index < -0.39 is 0 Å². The first-order valence-corrected chi connectivity index (χ1v) is 8.99. The second-order valence-corrected chi connectivity index (χ2v) is 6.35. The molecule has 0 saturated carbocycles. The molecule has 0 aliphatic heterocycles. The Bertz CT molecular complexity index is 1130. The van der Waals surface area contributed by atoms with Crippen LogP contribution in [0.3, 0.4) is 0 Å². The number of ether oxygens (including phenoxy) is 1. The van der Waals surface area contributed by atoms with Crippen molar-refractivity contribution in [2.75, 3.05) is 11.9 Å². The highest BCUT2D eigenvalue weighted by atomic mass is 16.5. The minimum Gasteiger partial charge on any atom is -0.494 e. The van der Waals surface area contributed by atoms with E-state index in [0.29, 0.717) is 35.0 Å². The minimum absolute atomic E-state index is 0.236. The number of pyridine rings is 1. The summed E-state index contributed by atoms with van der Waals surface area (Å²) in [6, 6.07) is 12.6. The van der Waals surface area contributed by atoms with Gasteiger partial charge in [0, 0.05) is 12.7 Å². The van der Waals surface area contributed by atoms with Gasteiger partial charge in [-0.15, -0.1) is 0 Å². The second-order valence-electron chi connectivity index (χ2n) is 6.35. The van der Waals surface area contributed by atoms with Gasteiger partial charge in [-0.25, -0.2) is 4.98 Å². The number of carbonyl (C=O) groups is 1. The number of aromatic nitrogens is 3. The molecule has 0 aliphatic rings. The summed E-state index contributed by atoms with van der Waals surface area (Å²) in [7, 11) is 1.81. The summed E-state index contributed by atoms with van der Waals surface area (Å²) in [5.41, 5.74) is 3.13. The van der Waals surface area contributed by atoms with E-state index in [0.717, 1.165) is 16.8 Å². The lowest BCUT2D eigenvalue weighted by atomic mass is 10.1. The van der Waals surface area contributed by atoms with Crippen LogP contribution in [0.2, 0.25) is 0 Å². The van der Waals surface area contributed by atoms with Crippen molar-refractivity contribution in [3.05, 3.63) is 60.0 Å². The normalized spacial score (nSPS) is 11.0. The van der Waals surface area contributed by atoms with Gasteiger partial charge in [0.05, 0.1) is 29.5 Å². The summed E-state index contributed by atoms with van der Waals surface area (Å²) < 4.78 is 12.6. The van der Waals surface area contributed by atoms with Crippen LogP contribution in [0.4, 0.5) is 5.69 Å². The highest BCUT2D eigenvalue weighted by Crippen LogP contribution is 2.28. The van der Waals surface area contributed by atoms with Crippen molar-refractivity contribution in [1.82, 2.24) is 14.8 Å². The molecule has 4 rings (SSSR count). The second kappa shape index (κ2) is 7.19. The number of fused-ring (bicyclic) bond motifs is 1. The van der Waals surface area contributed by atoms with E-state index in [-0.39, 0.29) is 5.91 Å². The molecule has 0 saturated heterocycles. The Kier molecular flexibility index (Phi) is 4.57. The van der Waals surface area contributed by atoms with Crippen molar-refractivity contribution in [1.29, 1.82) is 0 Å². The lowest BCUT2D eigenvalue weighted by Gasteiger charge is -2.09. The predicted octanol–water partition coefficient (Wildman–Crippen LogP) is 4.19. The van der Waals surface area contributed by atoms with Crippen molar-refractivity contribution >= 4 is 22.6 Å². The van der Waals surface area contributed by atoms with Crippen LogP contribution >= 0.6 is 0 Å². The third-order valence-corrected chi connectivity index (χ3v) is 4.41. The molecule has 0 radical (unpaired) electrons. The molecule has 7 heteroatoms. The van der Waals surface area contributed by atoms with Crippen LogP contribution < -0.4 is 10.1 Å². The van der Waals surface area contributed by atoms with Crippen molar-refractivity contribution in [2.24, 2.45) is 7.05 Å². The largest absolute Gasteiger partial charge is 0.494 e. The zero-order chi connectivity index (χ0) is 19.7. The van der Waals surface area contributed by atoms with Gasteiger partial charge in [0.25, 0.3) is 5.91 Å². The lowest BCUT2D eigenvalue weighted by Crippen LogP contribution is -2.13. The van der Waals surface area contributed by atoms with Gasteiger partial charge in [0.2, 0.25) is 0 Å². The van der Waals surface area contributed by atoms with E-state index in [2.05, 4.69) is 15.4 Å². The third kappa shape index (κ3) is 3.22. The molecule has 0 unspecified atom stereocenters. The van der Waals surface area contributed by atoms with Crippen molar-refractivity contribution in [3.63, 3.8) is 0 Å². The first kappa shape index (κ1) is 17.8. The topological polar surface area (TPSA) is 82.2 Å². The molecule has 1 amide bonds. The Morgan fingerprint density at radius 3 is 2.71 bits per heavy atom. The maximum absolute atomic E-state index is 13.1. The molecule has 0 spiro atoms. The van der Waals surface area contributed by atoms with Gasteiger partial charge in [0.15, 0.2) is 11.4 Å². The van der Waals surface area contributed by atoms with E-state index in [1.165, 1.54) is 0 Å². The maximum atomic E-state index is 13.1. The van der Waals surface area contributed by atoms with Gasteiger partial charge in [0.1, 0.15) is 11.4 Å². The first-order valence-electron chi connectivity index (χ1n) is 8.99. The Morgan fingerprint density at radius 1 is 1.25 bits per heavy atom. The van der Waals surface area contributed by atoms with E-state index in [1.807, 2.05) is 51.2 Å². The Labute approximate surface area is 161 Å². The smallest absolute Gasteiger partial charge is 0.256 e. The minimum atomic E-state index is -0.236. The highest BCUT2D eigenvalue weighted by Gasteiger charge is 2.20. The number of nitrogens with zero attached hydrogens (tertiary/aromatic N) is 3. The quantitative estimate of drug-likeness (QED) is 0.565. The van der Waals surface area contributed by atoms with Gasteiger partial charge in [-0.3, -0.25) is 9.48 Å². The van der Waals surface area contributed by atoms with Gasteiger partial charge in [-0.1, -0.05) is 0 Å². The van der Waals surface area contributed by atoms with Gasteiger partial charge in [-0.05, 0) is 56.3 Å². The summed E-state index contributed by atoms with van der Waals surface area (Å²) in [6.07, 6.45) is 1.58. The number of amides is 1.